The molecule has 1 unspecified atom stereocenters. The predicted molar refractivity (Wildman–Crippen MR) is 46.1 cm³/mol. The molecule has 2 aliphatic heterocycles. The van der Waals surface area contributed by atoms with Gasteiger partial charge in [0.15, 0.2) is 0 Å². The second kappa shape index (κ2) is 3.27. The summed E-state index contributed by atoms with van der Waals surface area (Å²) in [6.07, 6.45) is 2.37. The van der Waals surface area contributed by atoms with E-state index in [1.54, 1.807) is 0 Å². The van der Waals surface area contributed by atoms with Gasteiger partial charge in [-0.25, -0.2) is 0 Å². The molecule has 2 N–H and O–H groups in total. The van der Waals surface area contributed by atoms with Crippen molar-refractivity contribution in [1.29, 1.82) is 0 Å². The van der Waals surface area contributed by atoms with Crippen molar-refractivity contribution in [2.45, 2.75) is 25.3 Å². The summed E-state index contributed by atoms with van der Waals surface area (Å²) in [7, 11) is 0. The van der Waals surface area contributed by atoms with Gasteiger partial charge in [0.05, 0.1) is 18.1 Å². The van der Waals surface area contributed by atoms with Crippen LogP contribution in [0.25, 0.3) is 0 Å². The topological polar surface area (TPSA) is 58.6 Å². The minimum atomic E-state index is -0.231. The lowest BCUT2D eigenvalue weighted by atomic mass is 9.78. The monoisotopic (exact) mass is 185 g/mol. The third-order valence-corrected chi connectivity index (χ3v) is 3.12. The molecule has 2 aliphatic rings. The van der Waals surface area contributed by atoms with Crippen LogP contribution in [0.5, 0.6) is 0 Å². The summed E-state index contributed by atoms with van der Waals surface area (Å²) >= 11 is 0. The lowest BCUT2D eigenvalue weighted by Crippen LogP contribution is -2.37. The maximum Gasteiger partial charge on any atom is 0.226 e. The van der Waals surface area contributed by atoms with E-state index in [4.69, 9.17) is 9.84 Å². The zero-order valence-electron chi connectivity index (χ0n) is 7.58. The average molecular weight is 185 g/mol. The maximum absolute atomic E-state index is 11.6. The minimum Gasteiger partial charge on any atom is -0.394 e. The largest absolute Gasteiger partial charge is 0.394 e. The molecule has 4 nitrogen and oxygen atoms in total. The van der Waals surface area contributed by atoms with Gasteiger partial charge in [0, 0.05) is 13.2 Å². The number of carbonyl (C=O) groups is 1. The average Bonchev–Trinajstić information content (AvgIpc) is 2.45. The number of aliphatic hydroxyl groups is 1. The van der Waals surface area contributed by atoms with Crippen molar-refractivity contribution in [3.8, 4) is 0 Å². The Morgan fingerprint density at radius 3 is 2.77 bits per heavy atom. The Balaban J connectivity index is 2.08. The molecule has 1 amide bonds. The predicted octanol–water partition coefficient (Wildman–Crippen LogP) is -0.336. The van der Waals surface area contributed by atoms with Gasteiger partial charge >= 0.3 is 0 Å². The Morgan fingerprint density at radius 2 is 2.23 bits per heavy atom. The molecule has 0 aromatic heterocycles. The molecule has 2 saturated heterocycles. The van der Waals surface area contributed by atoms with Crippen LogP contribution >= 0.6 is 0 Å². The first kappa shape index (κ1) is 8.97. The third kappa shape index (κ3) is 1.44. The molecule has 13 heavy (non-hydrogen) atoms. The van der Waals surface area contributed by atoms with E-state index in [1.165, 1.54) is 0 Å². The van der Waals surface area contributed by atoms with Gasteiger partial charge in [0.25, 0.3) is 0 Å². The van der Waals surface area contributed by atoms with Crippen LogP contribution in [0.2, 0.25) is 0 Å². The van der Waals surface area contributed by atoms with E-state index >= 15 is 0 Å². The van der Waals surface area contributed by atoms with Gasteiger partial charge in [-0.1, -0.05) is 0 Å². The van der Waals surface area contributed by atoms with Crippen LogP contribution < -0.4 is 5.32 Å². The van der Waals surface area contributed by atoms with Crippen LogP contribution in [-0.2, 0) is 9.53 Å². The van der Waals surface area contributed by atoms with Crippen LogP contribution in [0.4, 0.5) is 0 Å². The molecule has 74 valence electrons. The van der Waals surface area contributed by atoms with E-state index in [0.717, 1.165) is 19.3 Å². The maximum atomic E-state index is 11.6. The van der Waals surface area contributed by atoms with Gasteiger partial charge in [0.1, 0.15) is 0 Å². The second-order valence-electron chi connectivity index (χ2n) is 3.95. The van der Waals surface area contributed by atoms with Gasteiger partial charge in [-0.05, 0) is 19.3 Å². The molecule has 2 rings (SSSR count). The van der Waals surface area contributed by atoms with Gasteiger partial charge < -0.3 is 15.2 Å². The zero-order valence-corrected chi connectivity index (χ0v) is 7.58. The van der Waals surface area contributed by atoms with E-state index in [-0.39, 0.29) is 24.0 Å². The summed E-state index contributed by atoms with van der Waals surface area (Å²) < 4.78 is 5.23. The first-order chi connectivity index (χ1) is 6.27. The summed E-state index contributed by atoms with van der Waals surface area (Å²) in [6, 6.07) is -0.0365. The number of carbonyl (C=O) groups excluding carboxylic acids is 1. The van der Waals surface area contributed by atoms with Crippen molar-refractivity contribution >= 4 is 5.91 Å². The Kier molecular flexibility index (Phi) is 2.26. The molecule has 0 aromatic rings. The lowest BCUT2D eigenvalue weighted by Gasteiger charge is -2.30. The first-order valence-corrected chi connectivity index (χ1v) is 4.76. The van der Waals surface area contributed by atoms with Gasteiger partial charge in [-0.15, -0.1) is 0 Å². The standard InChI is InChI=1S/C9H15NO3/c11-6-7-5-9(8(12)10-7)1-3-13-4-2-9/h7,11H,1-6H2,(H,10,12). The number of amides is 1. The summed E-state index contributed by atoms with van der Waals surface area (Å²) in [4.78, 5) is 11.6. The number of aliphatic hydroxyl groups excluding tert-OH is 1. The molecule has 1 atom stereocenters. The Labute approximate surface area is 77.3 Å². The van der Waals surface area contributed by atoms with Crippen LogP contribution in [0.3, 0.4) is 0 Å². The van der Waals surface area contributed by atoms with Crippen molar-refractivity contribution in [2.75, 3.05) is 19.8 Å². The molecule has 0 aromatic carbocycles. The van der Waals surface area contributed by atoms with Gasteiger partial charge in [-0.2, -0.15) is 0 Å². The van der Waals surface area contributed by atoms with Crippen molar-refractivity contribution in [3.05, 3.63) is 0 Å². The smallest absolute Gasteiger partial charge is 0.226 e. The summed E-state index contributed by atoms with van der Waals surface area (Å²) in [6.45, 7) is 1.39. The third-order valence-electron chi connectivity index (χ3n) is 3.12. The molecule has 2 heterocycles. The van der Waals surface area contributed by atoms with E-state index < -0.39 is 0 Å². The van der Waals surface area contributed by atoms with E-state index in [9.17, 15) is 4.79 Å². The fourth-order valence-electron chi connectivity index (χ4n) is 2.26. The van der Waals surface area contributed by atoms with Gasteiger partial charge in [-0.3, -0.25) is 4.79 Å². The molecule has 0 saturated carbocycles. The number of hydrogen-bond donors (Lipinski definition) is 2. The molecule has 1 spiro atoms. The first-order valence-electron chi connectivity index (χ1n) is 4.76. The molecule has 0 bridgehead atoms. The van der Waals surface area contributed by atoms with Crippen LogP contribution in [0, 0.1) is 5.41 Å². The highest BCUT2D eigenvalue weighted by Crippen LogP contribution is 2.39. The highest BCUT2D eigenvalue weighted by molar-refractivity contribution is 5.85. The highest BCUT2D eigenvalue weighted by atomic mass is 16.5. The molecule has 0 radical (unpaired) electrons. The molecule has 2 fully saturated rings. The number of hydrogen-bond acceptors (Lipinski definition) is 3. The van der Waals surface area contributed by atoms with E-state index in [0.29, 0.717) is 13.2 Å². The minimum absolute atomic E-state index is 0.0365. The number of nitrogens with one attached hydrogen (secondary N) is 1. The molecular weight excluding hydrogens is 170 g/mol. The number of rotatable bonds is 1. The Morgan fingerprint density at radius 1 is 1.54 bits per heavy atom. The Hall–Kier alpha value is -0.610. The van der Waals surface area contributed by atoms with E-state index in [1.807, 2.05) is 0 Å². The summed E-state index contributed by atoms with van der Waals surface area (Å²) in [5.41, 5.74) is -0.231. The normalized spacial score (nSPS) is 32.1. The van der Waals surface area contributed by atoms with E-state index in [2.05, 4.69) is 5.32 Å². The highest BCUT2D eigenvalue weighted by Gasteiger charge is 2.47. The quantitative estimate of drug-likeness (QED) is 0.588. The lowest BCUT2D eigenvalue weighted by molar-refractivity contribution is -0.132. The van der Waals surface area contributed by atoms with Crippen molar-refractivity contribution in [1.82, 2.24) is 5.32 Å². The number of ether oxygens (including phenoxy) is 1. The zero-order chi connectivity index (χ0) is 9.31. The van der Waals surface area contributed by atoms with Crippen molar-refractivity contribution in [2.24, 2.45) is 5.41 Å². The molecular formula is C9H15NO3. The van der Waals surface area contributed by atoms with Crippen LogP contribution in [-0.4, -0.2) is 36.9 Å². The molecule has 4 heteroatoms. The van der Waals surface area contributed by atoms with Crippen molar-refractivity contribution in [3.63, 3.8) is 0 Å². The fourth-order valence-corrected chi connectivity index (χ4v) is 2.26. The van der Waals surface area contributed by atoms with Crippen LogP contribution in [0.15, 0.2) is 0 Å². The van der Waals surface area contributed by atoms with Crippen LogP contribution in [0.1, 0.15) is 19.3 Å². The molecule has 0 aliphatic carbocycles. The Bertz CT molecular complexity index is 211. The summed E-state index contributed by atoms with van der Waals surface area (Å²) in [5.74, 6) is 0.106. The van der Waals surface area contributed by atoms with Gasteiger partial charge in [0.2, 0.25) is 5.91 Å². The fraction of sp³-hybridized carbons (Fsp3) is 0.889. The SMILES string of the molecule is O=C1NC(CO)CC12CCOCC2. The second-order valence-corrected chi connectivity index (χ2v) is 3.95. The van der Waals surface area contributed by atoms with Crippen molar-refractivity contribution < 1.29 is 14.6 Å². The summed E-state index contributed by atoms with van der Waals surface area (Å²) in [5, 5.41) is 11.8.